The largest absolute Gasteiger partial charge is 1.00 e. The first-order valence-electron chi connectivity index (χ1n) is 24.5. The van der Waals surface area contributed by atoms with E-state index in [2.05, 4.69) is 26.7 Å². The molecule has 0 fully saturated rings. The van der Waals surface area contributed by atoms with Gasteiger partial charge in [-0.2, -0.15) is 0 Å². The summed E-state index contributed by atoms with van der Waals surface area (Å²) in [6, 6.07) is -2.49. The van der Waals surface area contributed by atoms with E-state index in [0.29, 0.717) is 11.0 Å². The Balaban J connectivity index is 0. The van der Waals surface area contributed by atoms with Crippen LogP contribution in [0, 0.1) is 0 Å². The molecule has 0 aromatic heterocycles. The van der Waals surface area contributed by atoms with E-state index in [9.17, 15) is 52.7 Å². The Morgan fingerprint density at radius 1 is 0.406 bits per heavy atom. The van der Waals surface area contributed by atoms with E-state index in [4.69, 9.17) is 30.7 Å². The van der Waals surface area contributed by atoms with E-state index in [1.807, 2.05) is 14.1 Å². The van der Waals surface area contributed by atoms with Gasteiger partial charge in [-0.25, -0.2) is 14.4 Å². The minimum absolute atomic E-state index is 0. The van der Waals surface area contributed by atoms with Gasteiger partial charge in [0.25, 0.3) is 0 Å². The molecule has 69 heavy (non-hydrogen) atoms. The number of hydrogen-bond donors (Lipinski definition) is 8. The number of halogens is 1. The summed E-state index contributed by atoms with van der Waals surface area (Å²) in [5.74, 6) is -2.27. The molecule has 0 rings (SSSR count). The Kier molecular flexibility index (Phi) is 36.7. The number of carbonyl (C=O) groups is 3. The molecule has 0 saturated carbocycles. The average molecular weight is 1100 g/mol. The smallest absolute Gasteiger partial charge is 0.649 e. The topological polar surface area (TPSA) is 278 Å². The fourth-order valence-electron chi connectivity index (χ4n) is 6.84. The van der Waals surface area contributed by atoms with E-state index in [0.717, 1.165) is 25.8 Å². The molecule has 0 spiro atoms. The van der Waals surface area contributed by atoms with Crippen molar-refractivity contribution in [2.45, 2.75) is 180 Å². The van der Waals surface area contributed by atoms with Crippen LogP contribution >= 0.6 is 0 Å². The molecule has 0 aromatic carbocycles. The third-order valence-corrected chi connectivity index (χ3v) is 24.0. The highest BCUT2D eigenvalue weighted by molar-refractivity contribution is 6.84. The van der Waals surface area contributed by atoms with Gasteiger partial charge in [0.2, 0.25) is 0 Å². The molecule has 0 aliphatic heterocycles. The average Bonchev–Trinajstić information content (AvgIpc) is 3.20. The molecule has 19 nitrogen and oxygen atoms in total. The van der Waals surface area contributed by atoms with E-state index in [1.54, 1.807) is 0 Å². The van der Waals surface area contributed by atoms with Crippen LogP contribution in [0.5, 0.6) is 0 Å². The predicted octanol–water partition coefficient (Wildman–Crippen LogP) is 2.44. The summed E-state index contributed by atoms with van der Waals surface area (Å²) in [5, 5.41) is 0. The van der Waals surface area contributed by atoms with Gasteiger partial charge < -0.3 is 85.9 Å². The molecule has 0 amide bonds. The highest BCUT2D eigenvalue weighted by Crippen LogP contribution is 2.31. The number of unbranched alkanes of at least 4 members (excludes halogenated alkanes) is 15. The van der Waals surface area contributed by atoms with E-state index < -0.39 is 86.3 Å². The molecule has 25 heteroatoms. The first-order chi connectivity index (χ1) is 31.6. The number of nitrogens with zero attached hydrogens (tertiary/aromatic N) is 1. The van der Waals surface area contributed by atoms with Crippen molar-refractivity contribution >= 4 is 62.2 Å². The second kappa shape index (κ2) is 36.4. The van der Waals surface area contributed by atoms with Crippen molar-refractivity contribution in [3.8, 4) is 0 Å². The number of rotatable bonds is 44. The van der Waals surface area contributed by atoms with E-state index in [-0.39, 0.29) is 74.6 Å². The molecule has 0 atom stereocenters. The van der Waals surface area contributed by atoms with Crippen LogP contribution < -0.4 is 12.4 Å². The second-order valence-corrected chi connectivity index (χ2v) is 30.9. The van der Waals surface area contributed by atoms with Crippen LogP contribution in [0.2, 0.25) is 24.2 Å². The lowest BCUT2D eigenvalue weighted by molar-refractivity contribution is -0.890. The van der Waals surface area contributed by atoms with Crippen molar-refractivity contribution in [1.82, 2.24) is 0 Å². The van der Waals surface area contributed by atoms with Gasteiger partial charge >= 0.3 is 62.2 Å². The monoisotopic (exact) mass is 1100 g/mol. The third kappa shape index (κ3) is 37.8. The summed E-state index contributed by atoms with van der Waals surface area (Å²) in [6.07, 6.45) is 19.5. The zero-order valence-corrected chi connectivity index (χ0v) is 48.4. The molecule has 8 N–H and O–H groups in total. The van der Waals surface area contributed by atoms with Gasteiger partial charge in [-0.15, -0.1) is 0 Å². The molecule has 0 radical (unpaired) electrons. The zero-order valence-electron chi connectivity index (χ0n) is 42.6. The summed E-state index contributed by atoms with van der Waals surface area (Å²) in [7, 11) is -22.9. The van der Waals surface area contributed by atoms with Crippen LogP contribution in [0.3, 0.4) is 0 Å². The van der Waals surface area contributed by atoms with Gasteiger partial charge in [0, 0.05) is 47.3 Å². The SMILES string of the molecule is C=C(C)C(=O)OCCC[Si](O)(O)O[Si](O[Si](O)(O)CCCOC(=O)C(=C)C)(O[Si](O)(O)CCCOC(=O)C(=C)C)O[Si](O)(O)CCC[N+](C)(C)CCCCCCCCCCCCCCCCCC.[Cl-]. The molecule has 0 aliphatic carbocycles. The predicted molar refractivity (Wildman–Crippen MR) is 267 cm³/mol. The van der Waals surface area contributed by atoms with Crippen molar-refractivity contribution in [2.75, 3.05) is 47.0 Å². The Hall–Kier alpha value is -1.52. The minimum Gasteiger partial charge on any atom is -1.00 e. The molecule has 0 bridgehead atoms. The Morgan fingerprint density at radius 3 is 0.899 bits per heavy atom. The van der Waals surface area contributed by atoms with Crippen LogP contribution in [0.25, 0.3) is 0 Å². The minimum atomic E-state index is -5.91. The maximum absolute atomic E-state index is 11.9. The molecule has 0 aromatic rings. The summed E-state index contributed by atoms with van der Waals surface area (Å²) in [6.45, 7) is 17.1. The Morgan fingerprint density at radius 2 is 0.638 bits per heavy atom. The lowest BCUT2D eigenvalue weighted by Crippen LogP contribution is -3.00. The maximum atomic E-state index is 11.9. The fourth-order valence-corrected chi connectivity index (χ4v) is 20.6. The van der Waals surface area contributed by atoms with Gasteiger partial charge in [-0.3, -0.25) is 0 Å². The molecular weight excluding hydrogens is 1010 g/mol. The van der Waals surface area contributed by atoms with Crippen molar-refractivity contribution < 1.29 is 100 Å². The number of ether oxygens (including phenoxy) is 3. The van der Waals surface area contributed by atoms with Gasteiger partial charge in [0.1, 0.15) is 0 Å². The number of hydrogen-bond acceptors (Lipinski definition) is 18. The molecule has 0 unspecified atom stereocenters. The molecule has 0 aliphatic rings. The van der Waals surface area contributed by atoms with Crippen LogP contribution in [0.1, 0.15) is 156 Å². The summed E-state index contributed by atoms with van der Waals surface area (Å²) < 4.78 is 37.8. The molecular formula is C44H90ClNO18Si5. The number of esters is 3. The van der Waals surface area contributed by atoms with E-state index in [1.165, 1.54) is 104 Å². The summed E-state index contributed by atoms with van der Waals surface area (Å²) in [5.41, 5.74) is 0.242. The lowest BCUT2D eigenvalue weighted by atomic mass is 10.0. The van der Waals surface area contributed by atoms with Gasteiger partial charge in [-0.1, -0.05) is 117 Å². The summed E-state index contributed by atoms with van der Waals surface area (Å²) >= 11 is 0. The molecule has 0 saturated heterocycles. The first-order valence-corrected chi connectivity index (χ1v) is 34.1. The zero-order chi connectivity index (χ0) is 51.9. The third-order valence-electron chi connectivity index (χ3n) is 10.7. The summed E-state index contributed by atoms with van der Waals surface area (Å²) in [4.78, 5) is 126. The Labute approximate surface area is 424 Å². The number of quaternary nitrogens is 1. The fraction of sp³-hybridized carbons (Fsp3) is 0.795. The van der Waals surface area contributed by atoms with Crippen molar-refractivity contribution in [1.29, 1.82) is 0 Å². The van der Waals surface area contributed by atoms with E-state index >= 15 is 0 Å². The highest BCUT2D eigenvalue weighted by Gasteiger charge is 2.65. The maximum Gasteiger partial charge on any atom is 0.649 e. The first kappa shape index (κ1) is 69.6. The quantitative estimate of drug-likeness (QED) is 0.0109. The highest BCUT2D eigenvalue weighted by atomic mass is 35.5. The van der Waals surface area contributed by atoms with Crippen molar-refractivity contribution in [3.63, 3.8) is 0 Å². The van der Waals surface area contributed by atoms with Gasteiger partial charge in [-0.05, 0) is 52.9 Å². The molecule has 0 heterocycles. The van der Waals surface area contributed by atoms with Crippen molar-refractivity contribution in [2.24, 2.45) is 0 Å². The van der Waals surface area contributed by atoms with Crippen LogP contribution in [-0.4, -0.2) is 152 Å². The van der Waals surface area contributed by atoms with Crippen molar-refractivity contribution in [3.05, 3.63) is 36.5 Å². The van der Waals surface area contributed by atoms with Gasteiger partial charge in [0.15, 0.2) is 0 Å². The number of carbonyl (C=O) groups excluding carboxylic acids is 3. The normalized spacial score (nSPS) is 12.6. The van der Waals surface area contributed by atoms with Crippen LogP contribution in [-0.2, 0) is 45.1 Å². The van der Waals surface area contributed by atoms with Crippen LogP contribution in [0.4, 0.5) is 0 Å². The second-order valence-electron chi connectivity index (χ2n) is 18.7. The standard InChI is InChI=1S/C44H90NO18Si5.ClH/c1-10-11-12-13-14-15-16-17-18-19-20-21-22-23-24-25-30-45(8,9)31-26-35-64(49,50)60-68(61-65(51,52)36-27-32-57-42(46)39(2)3,62-66(53,54)37-28-33-58-43(47)40(4)5)63-67(55,56)38-29-34-59-44(48)41(6)7;/h49-56H,2,4,6,10-38H2,1,3,5,7-9H3;1H/q+1;/p-1. The Bertz CT molecular complexity index is 1390. The lowest BCUT2D eigenvalue weighted by Gasteiger charge is -2.40. The van der Waals surface area contributed by atoms with Gasteiger partial charge in [0.05, 0.1) is 47.0 Å². The molecule has 406 valence electrons. The van der Waals surface area contributed by atoms with Crippen LogP contribution in [0.15, 0.2) is 36.5 Å².